The summed E-state index contributed by atoms with van der Waals surface area (Å²) in [5.41, 5.74) is -0.742. The molecule has 8 nitrogen and oxygen atoms in total. The molecule has 1 aliphatic heterocycles. The van der Waals surface area contributed by atoms with Crippen molar-refractivity contribution in [3.63, 3.8) is 0 Å². The highest BCUT2D eigenvalue weighted by Crippen LogP contribution is 2.38. The van der Waals surface area contributed by atoms with Crippen LogP contribution in [0.5, 0.6) is 0 Å². The number of sulfonamides is 2. The third-order valence-electron chi connectivity index (χ3n) is 6.78. The lowest BCUT2D eigenvalue weighted by atomic mass is 10.2. The van der Waals surface area contributed by atoms with E-state index in [0.717, 1.165) is 43.4 Å². The number of alkyl halides is 3. The molecule has 42 heavy (non-hydrogen) atoms. The predicted molar refractivity (Wildman–Crippen MR) is 154 cm³/mol. The first-order valence-corrected chi connectivity index (χ1v) is 16.3. The van der Waals surface area contributed by atoms with E-state index >= 15 is 0 Å². The van der Waals surface area contributed by atoms with Gasteiger partial charge in [-0.2, -0.15) is 17.5 Å². The Labute approximate surface area is 248 Å². The van der Waals surface area contributed by atoms with Crippen LogP contribution in [0, 0.1) is 6.92 Å². The van der Waals surface area contributed by atoms with Crippen molar-refractivity contribution in [2.45, 2.75) is 48.6 Å². The maximum absolute atomic E-state index is 13.6. The maximum atomic E-state index is 13.6. The van der Waals surface area contributed by atoms with E-state index in [1.807, 2.05) is 0 Å². The first kappa shape index (κ1) is 31.8. The van der Waals surface area contributed by atoms with E-state index < -0.39 is 54.9 Å². The Balaban J connectivity index is 1.61. The van der Waals surface area contributed by atoms with E-state index in [1.54, 1.807) is 6.92 Å². The van der Waals surface area contributed by atoms with E-state index in [4.69, 9.17) is 11.6 Å². The van der Waals surface area contributed by atoms with Crippen LogP contribution in [0.25, 0.3) is 0 Å². The van der Waals surface area contributed by atoms with Gasteiger partial charge < -0.3 is 5.32 Å². The highest BCUT2D eigenvalue weighted by Gasteiger charge is 2.35. The van der Waals surface area contributed by atoms with Crippen LogP contribution in [-0.2, 0) is 31.0 Å². The number of carbonyl (C=O) groups excluding carboxylic acids is 1. The molecule has 1 amide bonds. The minimum atomic E-state index is -4.87. The van der Waals surface area contributed by atoms with Gasteiger partial charge in [-0.1, -0.05) is 42.1 Å². The minimum absolute atomic E-state index is 0.0480. The Kier molecular flexibility index (Phi) is 9.55. The van der Waals surface area contributed by atoms with Gasteiger partial charge >= 0.3 is 6.18 Å². The average Bonchev–Trinajstić information content (AvgIpc) is 3.22. The fourth-order valence-corrected chi connectivity index (χ4v) is 7.67. The number of nitrogens with zero attached hydrogens (tertiary/aromatic N) is 2. The Hall–Kier alpha value is -3.13. The number of carbonyl (C=O) groups is 1. The molecular formula is C28H29ClF3N3O5S2. The molecular weight excluding hydrogens is 615 g/mol. The fraction of sp³-hybridized carbons (Fsp3) is 0.321. The molecule has 14 heteroatoms. The second kappa shape index (κ2) is 12.6. The molecule has 0 aromatic heterocycles. The Bertz CT molecular complexity index is 1640. The number of amides is 1. The zero-order valence-corrected chi connectivity index (χ0v) is 25.0. The lowest BCUT2D eigenvalue weighted by Crippen LogP contribution is -2.38. The van der Waals surface area contributed by atoms with Gasteiger partial charge in [-0.25, -0.2) is 16.8 Å². The number of hydrogen-bond acceptors (Lipinski definition) is 5. The van der Waals surface area contributed by atoms with Crippen molar-refractivity contribution in [3.8, 4) is 0 Å². The number of rotatable bonds is 8. The molecule has 1 fully saturated rings. The highest BCUT2D eigenvalue weighted by molar-refractivity contribution is 7.92. The first-order chi connectivity index (χ1) is 19.7. The van der Waals surface area contributed by atoms with Crippen molar-refractivity contribution in [2.24, 2.45) is 0 Å². The smallest absolute Gasteiger partial charge is 0.325 e. The van der Waals surface area contributed by atoms with Gasteiger partial charge in [-0.05, 0) is 74.4 Å². The SMILES string of the molecule is Cc1ccc(S(=O)(=O)N(CC(=O)Nc2ccc(S(=O)(=O)N3CCCCCC3)cc2)c2ccc(Cl)c(C(F)(F)F)c2)cc1. The molecule has 226 valence electrons. The van der Waals surface area contributed by atoms with Gasteiger partial charge in [0.1, 0.15) is 6.54 Å². The third-order valence-corrected chi connectivity index (χ3v) is 10.8. The van der Waals surface area contributed by atoms with E-state index in [9.17, 15) is 34.8 Å². The van der Waals surface area contributed by atoms with Crippen molar-refractivity contribution in [2.75, 3.05) is 29.3 Å². The molecule has 3 aromatic carbocycles. The summed E-state index contributed by atoms with van der Waals surface area (Å²) in [6.07, 6.45) is -1.41. The second-order valence-electron chi connectivity index (χ2n) is 9.88. The zero-order chi connectivity index (χ0) is 30.7. The first-order valence-electron chi connectivity index (χ1n) is 13.1. The molecule has 1 N–H and O–H groups in total. The molecule has 1 aliphatic rings. The maximum Gasteiger partial charge on any atom is 0.417 e. The number of anilines is 2. The molecule has 0 spiro atoms. The quantitative estimate of drug-likeness (QED) is 0.321. The summed E-state index contributed by atoms with van der Waals surface area (Å²) in [6, 6.07) is 13.6. The van der Waals surface area contributed by atoms with Crippen LogP contribution in [0.15, 0.2) is 76.5 Å². The van der Waals surface area contributed by atoms with Crippen molar-refractivity contribution in [3.05, 3.63) is 82.9 Å². The number of halogens is 4. The molecule has 0 unspecified atom stereocenters. The van der Waals surface area contributed by atoms with Crippen LogP contribution in [0.4, 0.5) is 24.5 Å². The minimum Gasteiger partial charge on any atom is -0.325 e. The molecule has 0 aliphatic carbocycles. The predicted octanol–water partition coefficient (Wildman–Crippen LogP) is 6.07. The molecule has 0 bridgehead atoms. The lowest BCUT2D eigenvalue weighted by Gasteiger charge is -2.25. The van der Waals surface area contributed by atoms with Gasteiger partial charge in [0.25, 0.3) is 10.0 Å². The number of nitrogens with one attached hydrogen (secondary N) is 1. The molecule has 1 heterocycles. The van der Waals surface area contributed by atoms with Crippen molar-refractivity contribution < 1.29 is 34.8 Å². The van der Waals surface area contributed by atoms with Crippen molar-refractivity contribution in [1.82, 2.24) is 4.31 Å². The van der Waals surface area contributed by atoms with Gasteiger partial charge in [0.15, 0.2) is 0 Å². The lowest BCUT2D eigenvalue weighted by molar-refractivity contribution is -0.137. The van der Waals surface area contributed by atoms with Gasteiger partial charge in [0.05, 0.1) is 26.1 Å². The summed E-state index contributed by atoms with van der Waals surface area (Å²) in [7, 11) is -8.23. The van der Waals surface area contributed by atoms with E-state index in [-0.39, 0.29) is 15.5 Å². The number of aryl methyl sites for hydroxylation is 1. The van der Waals surface area contributed by atoms with Crippen LogP contribution in [0.3, 0.4) is 0 Å². The summed E-state index contributed by atoms with van der Waals surface area (Å²) in [5, 5.41) is 1.87. The van der Waals surface area contributed by atoms with Gasteiger partial charge in [0, 0.05) is 18.8 Å². The van der Waals surface area contributed by atoms with Gasteiger partial charge in [-0.3, -0.25) is 9.10 Å². The van der Waals surface area contributed by atoms with E-state index in [0.29, 0.717) is 23.5 Å². The number of hydrogen-bond donors (Lipinski definition) is 1. The molecule has 1 saturated heterocycles. The van der Waals surface area contributed by atoms with Crippen LogP contribution >= 0.6 is 11.6 Å². The van der Waals surface area contributed by atoms with E-state index in [1.165, 1.54) is 52.8 Å². The normalized spacial score (nSPS) is 15.2. The Morgan fingerprint density at radius 2 is 1.45 bits per heavy atom. The van der Waals surface area contributed by atoms with Gasteiger partial charge in [0.2, 0.25) is 15.9 Å². The molecule has 0 saturated carbocycles. The average molecular weight is 644 g/mol. The molecule has 3 aromatic rings. The number of benzene rings is 3. The van der Waals surface area contributed by atoms with Gasteiger partial charge in [-0.15, -0.1) is 0 Å². The summed E-state index contributed by atoms with van der Waals surface area (Å²) in [5.74, 6) is -0.864. The Morgan fingerprint density at radius 1 is 0.881 bits per heavy atom. The second-order valence-corrected chi connectivity index (χ2v) is 14.1. The highest BCUT2D eigenvalue weighted by atomic mass is 35.5. The molecule has 0 atom stereocenters. The van der Waals surface area contributed by atoms with Crippen molar-refractivity contribution in [1.29, 1.82) is 0 Å². The summed E-state index contributed by atoms with van der Waals surface area (Å²) < 4.78 is 96.0. The summed E-state index contributed by atoms with van der Waals surface area (Å²) >= 11 is 5.74. The summed E-state index contributed by atoms with van der Waals surface area (Å²) in [4.78, 5) is 12.9. The zero-order valence-electron chi connectivity index (χ0n) is 22.6. The van der Waals surface area contributed by atoms with Crippen LogP contribution in [0.1, 0.15) is 36.8 Å². The molecule has 0 radical (unpaired) electrons. The van der Waals surface area contributed by atoms with Crippen LogP contribution in [-0.4, -0.2) is 46.7 Å². The van der Waals surface area contributed by atoms with E-state index in [2.05, 4.69) is 5.32 Å². The fourth-order valence-electron chi connectivity index (χ4n) is 4.51. The van der Waals surface area contributed by atoms with Crippen LogP contribution < -0.4 is 9.62 Å². The standard InChI is InChI=1S/C28H29ClF3N3O5S2/c1-20-6-11-24(12-7-20)42(39,40)35(22-10-15-26(29)25(18-22)28(30,31)32)19-27(36)33-21-8-13-23(14-9-21)41(37,38)34-16-4-2-3-5-17-34/h6-15,18H,2-5,16-17,19H2,1H3,(H,33,36). The summed E-state index contributed by atoms with van der Waals surface area (Å²) in [6.45, 7) is 1.71. The van der Waals surface area contributed by atoms with Crippen LogP contribution in [0.2, 0.25) is 5.02 Å². The topological polar surface area (TPSA) is 104 Å². The Morgan fingerprint density at radius 3 is 2.02 bits per heavy atom. The largest absolute Gasteiger partial charge is 0.417 e. The third kappa shape index (κ3) is 7.25. The monoisotopic (exact) mass is 643 g/mol. The molecule has 4 rings (SSSR count). The van der Waals surface area contributed by atoms with Crippen molar-refractivity contribution >= 4 is 48.9 Å².